The molecular formula is C14H12BrF2NO. The maximum absolute atomic E-state index is 13.5. The van der Waals surface area contributed by atoms with Crippen molar-refractivity contribution < 1.29 is 13.5 Å². The molecule has 0 aromatic heterocycles. The molecule has 0 spiro atoms. The maximum atomic E-state index is 13.5. The van der Waals surface area contributed by atoms with Crippen molar-refractivity contribution in [3.05, 3.63) is 63.6 Å². The zero-order valence-electron chi connectivity index (χ0n) is 10.00. The van der Waals surface area contributed by atoms with Crippen molar-refractivity contribution in [2.75, 3.05) is 0 Å². The largest absolute Gasteiger partial charge is 0.489 e. The SMILES string of the molecule is NCc1cc(F)cc(OCc2cc(Br)ccc2F)c1. The van der Waals surface area contributed by atoms with E-state index in [0.29, 0.717) is 16.9 Å². The second kappa shape index (κ2) is 6.12. The fourth-order valence-corrected chi connectivity index (χ4v) is 2.05. The van der Waals surface area contributed by atoms with Crippen LogP contribution in [0.15, 0.2) is 40.9 Å². The van der Waals surface area contributed by atoms with Gasteiger partial charge in [0, 0.05) is 22.6 Å². The number of hydrogen-bond donors (Lipinski definition) is 1. The molecule has 100 valence electrons. The second-order valence-corrected chi connectivity index (χ2v) is 4.94. The van der Waals surface area contributed by atoms with Crippen LogP contribution in [0, 0.1) is 11.6 Å². The summed E-state index contributed by atoms with van der Waals surface area (Å²) in [5.41, 5.74) is 6.48. The first-order chi connectivity index (χ1) is 9.08. The Morgan fingerprint density at radius 2 is 1.89 bits per heavy atom. The maximum Gasteiger partial charge on any atom is 0.129 e. The van der Waals surface area contributed by atoms with E-state index >= 15 is 0 Å². The molecule has 0 fully saturated rings. The Morgan fingerprint density at radius 1 is 1.11 bits per heavy atom. The van der Waals surface area contributed by atoms with Crippen LogP contribution in [-0.4, -0.2) is 0 Å². The molecule has 0 bridgehead atoms. The Balaban J connectivity index is 2.14. The van der Waals surface area contributed by atoms with Gasteiger partial charge < -0.3 is 10.5 Å². The summed E-state index contributed by atoms with van der Waals surface area (Å²) in [6, 6.07) is 8.80. The molecule has 0 aliphatic rings. The first kappa shape index (κ1) is 14.0. The van der Waals surface area contributed by atoms with E-state index < -0.39 is 5.82 Å². The van der Waals surface area contributed by atoms with Gasteiger partial charge in [-0.1, -0.05) is 15.9 Å². The first-order valence-corrected chi connectivity index (χ1v) is 6.44. The highest BCUT2D eigenvalue weighted by molar-refractivity contribution is 9.10. The van der Waals surface area contributed by atoms with Gasteiger partial charge in [0.05, 0.1) is 0 Å². The highest BCUT2D eigenvalue weighted by Crippen LogP contribution is 2.20. The first-order valence-electron chi connectivity index (χ1n) is 5.65. The summed E-state index contributed by atoms with van der Waals surface area (Å²) in [5.74, 6) is -0.453. The van der Waals surface area contributed by atoms with Crippen molar-refractivity contribution in [2.45, 2.75) is 13.2 Å². The summed E-state index contributed by atoms with van der Waals surface area (Å²) in [5, 5.41) is 0. The molecule has 0 radical (unpaired) electrons. The fourth-order valence-electron chi connectivity index (χ4n) is 1.64. The van der Waals surface area contributed by atoms with E-state index in [1.807, 2.05) is 0 Å². The predicted molar refractivity (Wildman–Crippen MR) is 72.7 cm³/mol. The number of halogens is 3. The van der Waals surface area contributed by atoms with Crippen LogP contribution in [0.25, 0.3) is 0 Å². The van der Waals surface area contributed by atoms with Gasteiger partial charge in [-0.3, -0.25) is 0 Å². The molecule has 0 saturated carbocycles. The zero-order chi connectivity index (χ0) is 13.8. The van der Waals surface area contributed by atoms with Gasteiger partial charge in [-0.05, 0) is 35.9 Å². The summed E-state index contributed by atoms with van der Waals surface area (Å²) < 4.78 is 32.9. The third-order valence-corrected chi connectivity index (χ3v) is 3.06. The smallest absolute Gasteiger partial charge is 0.129 e. The number of ether oxygens (including phenoxy) is 1. The lowest BCUT2D eigenvalue weighted by Crippen LogP contribution is -2.01. The standard InChI is InChI=1S/C14H12BrF2NO/c15-11-1-2-14(17)10(5-11)8-19-13-4-9(7-18)3-12(16)6-13/h1-6H,7-8,18H2. The zero-order valence-corrected chi connectivity index (χ0v) is 11.6. The van der Waals surface area contributed by atoms with E-state index in [2.05, 4.69) is 15.9 Å². The lowest BCUT2D eigenvalue weighted by molar-refractivity contribution is 0.298. The highest BCUT2D eigenvalue weighted by Gasteiger charge is 2.05. The molecule has 0 atom stereocenters. The minimum atomic E-state index is -0.423. The predicted octanol–water partition coefficient (Wildman–Crippen LogP) is 3.77. The average Bonchev–Trinajstić information content (AvgIpc) is 2.39. The van der Waals surface area contributed by atoms with Crippen LogP contribution in [0.1, 0.15) is 11.1 Å². The third-order valence-electron chi connectivity index (χ3n) is 2.57. The topological polar surface area (TPSA) is 35.2 Å². The van der Waals surface area contributed by atoms with Crippen molar-refractivity contribution in [3.8, 4) is 5.75 Å². The number of rotatable bonds is 4. The minimum absolute atomic E-state index is 0.0265. The van der Waals surface area contributed by atoms with Gasteiger partial charge in [0.1, 0.15) is 24.0 Å². The summed E-state index contributed by atoms with van der Waals surface area (Å²) in [6.07, 6.45) is 0. The summed E-state index contributed by atoms with van der Waals surface area (Å²) >= 11 is 3.26. The van der Waals surface area contributed by atoms with Crippen LogP contribution in [0.5, 0.6) is 5.75 Å². The van der Waals surface area contributed by atoms with E-state index in [0.717, 1.165) is 4.47 Å². The summed E-state index contributed by atoms with van der Waals surface area (Å²) in [6.45, 7) is 0.248. The molecule has 0 heterocycles. The van der Waals surface area contributed by atoms with E-state index in [1.165, 1.54) is 18.2 Å². The number of benzene rings is 2. The third kappa shape index (κ3) is 3.75. The van der Waals surface area contributed by atoms with Crippen LogP contribution in [-0.2, 0) is 13.2 Å². The molecule has 0 aliphatic carbocycles. The molecule has 0 unspecified atom stereocenters. The molecule has 0 saturated heterocycles. The highest BCUT2D eigenvalue weighted by atomic mass is 79.9. The van der Waals surface area contributed by atoms with Crippen molar-refractivity contribution in [3.63, 3.8) is 0 Å². The average molecular weight is 328 g/mol. The Bertz CT molecular complexity index is 590. The molecule has 2 N–H and O–H groups in total. The molecule has 0 amide bonds. The quantitative estimate of drug-likeness (QED) is 0.927. The molecule has 2 aromatic carbocycles. The van der Waals surface area contributed by atoms with E-state index in [-0.39, 0.29) is 19.0 Å². The Kier molecular flexibility index (Phi) is 4.50. The monoisotopic (exact) mass is 327 g/mol. The van der Waals surface area contributed by atoms with Gasteiger partial charge >= 0.3 is 0 Å². The van der Waals surface area contributed by atoms with Gasteiger partial charge in [0.15, 0.2) is 0 Å². The molecule has 2 aromatic rings. The van der Waals surface area contributed by atoms with Gasteiger partial charge in [-0.25, -0.2) is 8.78 Å². The Hall–Kier alpha value is -1.46. The molecule has 2 rings (SSSR count). The lowest BCUT2D eigenvalue weighted by Gasteiger charge is -2.09. The van der Waals surface area contributed by atoms with Crippen LogP contribution >= 0.6 is 15.9 Å². The van der Waals surface area contributed by atoms with Gasteiger partial charge in [-0.15, -0.1) is 0 Å². The van der Waals surface area contributed by atoms with Crippen LogP contribution < -0.4 is 10.5 Å². The molecule has 0 aliphatic heterocycles. The lowest BCUT2D eigenvalue weighted by atomic mass is 10.2. The van der Waals surface area contributed by atoms with Crippen molar-refractivity contribution in [2.24, 2.45) is 5.73 Å². The van der Waals surface area contributed by atoms with Crippen molar-refractivity contribution >= 4 is 15.9 Å². The molecular weight excluding hydrogens is 316 g/mol. The van der Waals surface area contributed by atoms with Gasteiger partial charge in [-0.2, -0.15) is 0 Å². The Morgan fingerprint density at radius 3 is 2.63 bits per heavy atom. The molecule has 19 heavy (non-hydrogen) atoms. The number of hydrogen-bond acceptors (Lipinski definition) is 2. The van der Waals surface area contributed by atoms with E-state index in [4.69, 9.17) is 10.5 Å². The van der Waals surface area contributed by atoms with Crippen molar-refractivity contribution in [1.29, 1.82) is 0 Å². The van der Waals surface area contributed by atoms with Gasteiger partial charge in [0.25, 0.3) is 0 Å². The fraction of sp³-hybridized carbons (Fsp3) is 0.143. The van der Waals surface area contributed by atoms with Crippen LogP contribution in [0.2, 0.25) is 0 Å². The van der Waals surface area contributed by atoms with Crippen LogP contribution in [0.3, 0.4) is 0 Å². The molecule has 2 nitrogen and oxygen atoms in total. The van der Waals surface area contributed by atoms with Gasteiger partial charge in [0.2, 0.25) is 0 Å². The van der Waals surface area contributed by atoms with E-state index in [9.17, 15) is 8.78 Å². The van der Waals surface area contributed by atoms with E-state index in [1.54, 1.807) is 18.2 Å². The summed E-state index contributed by atoms with van der Waals surface area (Å²) in [7, 11) is 0. The van der Waals surface area contributed by atoms with Crippen LogP contribution in [0.4, 0.5) is 8.78 Å². The number of nitrogens with two attached hydrogens (primary N) is 1. The normalized spacial score (nSPS) is 10.5. The Labute approximate surface area is 118 Å². The molecule has 5 heteroatoms. The van der Waals surface area contributed by atoms with Crippen molar-refractivity contribution in [1.82, 2.24) is 0 Å². The summed E-state index contributed by atoms with van der Waals surface area (Å²) in [4.78, 5) is 0. The minimum Gasteiger partial charge on any atom is -0.489 e. The second-order valence-electron chi connectivity index (χ2n) is 4.02.